The molecule has 1 N–H and O–H groups in total. The van der Waals surface area contributed by atoms with E-state index in [1.165, 1.54) is 11.3 Å². The zero-order valence-corrected chi connectivity index (χ0v) is 11.2. The maximum Gasteiger partial charge on any atom is 0.338 e. The molecule has 1 aromatic carbocycles. The fraction of sp³-hybridized carbons (Fsp3) is 0.143. The third-order valence-electron chi connectivity index (χ3n) is 2.40. The smallest absolute Gasteiger partial charge is 0.338 e. The molecule has 0 unspecified atom stereocenters. The zero-order chi connectivity index (χ0) is 13.7. The summed E-state index contributed by atoms with van der Waals surface area (Å²) in [7, 11) is 0. The van der Waals surface area contributed by atoms with Gasteiger partial charge in [0.15, 0.2) is 0 Å². The standard InChI is InChI=1S/C14H13NO3S/c1-2-18-14(17)10-5-7-11(8-6-10)15-13(16)12-4-3-9-19-12/h3-9H,2H2,1H3,(H,15,16). The summed E-state index contributed by atoms with van der Waals surface area (Å²) in [6, 6.07) is 10.2. The molecular weight excluding hydrogens is 262 g/mol. The maximum absolute atomic E-state index is 11.8. The van der Waals surface area contributed by atoms with Crippen molar-refractivity contribution in [1.29, 1.82) is 0 Å². The van der Waals surface area contributed by atoms with Gasteiger partial charge in [-0.15, -0.1) is 11.3 Å². The minimum absolute atomic E-state index is 0.154. The van der Waals surface area contributed by atoms with E-state index in [0.717, 1.165) is 0 Å². The van der Waals surface area contributed by atoms with Gasteiger partial charge in [-0.25, -0.2) is 4.79 Å². The van der Waals surface area contributed by atoms with Crippen LogP contribution in [-0.4, -0.2) is 18.5 Å². The van der Waals surface area contributed by atoms with E-state index >= 15 is 0 Å². The van der Waals surface area contributed by atoms with Gasteiger partial charge in [-0.2, -0.15) is 0 Å². The number of benzene rings is 1. The Morgan fingerprint density at radius 3 is 2.53 bits per heavy atom. The van der Waals surface area contributed by atoms with Crippen LogP contribution in [0.5, 0.6) is 0 Å². The number of amides is 1. The lowest BCUT2D eigenvalue weighted by Crippen LogP contribution is -2.10. The number of anilines is 1. The van der Waals surface area contributed by atoms with E-state index in [0.29, 0.717) is 22.7 Å². The molecule has 1 aromatic heterocycles. The normalized spacial score (nSPS) is 9.95. The fourth-order valence-corrected chi connectivity index (χ4v) is 2.12. The second-order valence-electron chi connectivity index (χ2n) is 3.73. The average molecular weight is 275 g/mol. The van der Waals surface area contributed by atoms with Crippen LogP contribution in [0.2, 0.25) is 0 Å². The molecule has 0 atom stereocenters. The van der Waals surface area contributed by atoms with Crippen LogP contribution >= 0.6 is 11.3 Å². The average Bonchev–Trinajstić information content (AvgIpc) is 2.94. The number of nitrogens with one attached hydrogen (secondary N) is 1. The number of thiophene rings is 1. The minimum Gasteiger partial charge on any atom is -0.462 e. The lowest BCUT2D eigenvalue weighted by Gasteiger charge is -2.05. The minimum atomic E-state index is -0.362. The summed E-state index contributed by atoms with van der Waals surface area (Å²) in [6.07, 6.45) is 0. The predicted octanol–water partition coefficient (Wildman–Crippen LogP) is 3.18. The summed E-state index contributed by atoms with van der Waals surface area (Å²) in [5.74, 6) is -0.516. The van der Waals surface area contributed by atoms with E-state index in [9.17, 15) is 9.59 Å². The Balaban J connectivity index is 2.03. The van der Waals surface area contributed by atoms with Gasteiger partial charge >= 0.3 is 5.97 Å². The van der Waals surface area contributed by atoms with Crippen molar-refractivity contribution in [2.75, 3.05) is 11.9 Å². The van der Waals surface area contributed by atoms with Crippen LogP contribution < -0.4 is 5.32 Å². The monoisotopic (exact) mass is 275 g/mol. The summed E-state index contributed by atoms with van der Waals surface area (Å²) >= 11 is 1.38. The molecule has 0 radical (unpaired) electrons. The molecule has 1 heterocycles. The van der Waals surface area contributed by atoms with E-state index in [1.807, 2.05) is 11.4 Å². The molecule has 4 nitrogen and oxygen atoms in total. The number of carbonyl (C=O) groups is 2. The highest BCUT2D eigenvalue weighted by Crippen LogP contribution is 2.14. The number of ether oxygens (including phenoxy) is 1. The lowest BCUT2D eigenvalue weighted by atomic mass is 10.2. The molecule has 0 aliphatic heterocycles. The predicted molar refractivity (Wildman–Crippen MR) is 74.7 cm³/mol. The Kier molecular flexibility index (Phi) is 4.30. The van der Waals surface area contributed by atoms with Crippen molar-refractivity contribution in [3.63, 3.8) is 0 Å². The van der Waals surface area contributed by atoms with Crippen LogP contribution in [0, 0.1) is 0 Å². The first-order valence-corrected chi connectivity index (χ1v) is 6.70. The lowest BCUT2D eigenvalue weighted by molar-refractivity contribution is 0.0526. The number of rotatable bonds is 4. The van der Waals surface area contributed by atoms with Gasteiger partial charge in [0.25, 0.3) is 5.91 Å². The van der Waals surface area contributed by atoms with Crippen molar-refractivity contribution in [1.82, 2.24) is 0 Å². The molecule has 19 heavy (non-hydrogen) atoms. The Morgan fingerprint density at radius 2 is 1.95 bits per heavy atom. The van der Waals surface area contributed by atoms with Crippen LogP contribution in [-0.2, 0) is 4.74 Å². The molecule has 0 saturated heterocycles. The first kappa shape index (κ1) is 13.3. The highest BCUT2D eigenvalue weighted by atomic mass is 32.1. The third-order valence-corrected chi connectivity index (χ3v) is 3.27. The Hall–Kier alpha value is -2.14. The van der Waals surface area contributed by atoms with E-state index in [2.05, 4.69) is 5.32 Å². The van der Waals surface area contributed by atoms with Gasteiger partial charge in [0, 0.05) is 5.69 Å². The summed E-state index contributed by atoms with van der Waals surface area (Å²) in [5, 5.41) is 4.61. The molecule has 0 saturated carbocycles. The van der Waals surface area contributed by atoms with E-state index in [1.54, 1.807) is 37.3 Å². The van der Waals surface area contributed by atoms with Crippen molar-refractivity contribution in [3.05, 3.63) is 52.2 Å². The summed E-state index contributed by atoms with van der Waals surface area (Å²) in [6.45, 7) is 2.10. The SMILES string of the molecule is CCOC(=O)c1ccc(NC(=O)c2cccs2)cc1. The molecule has 98 valence electrons. The number of hydrogen-bond donors (Lipinski definition) is 1. The number of carbonyl (C=O) groups excluding carboxylic acids is 2. The molecular formula is C14H13NO3S. The van der Waals surface area contributed by atoms with Crippen molar-refractivity contribution >= 4 is 28.9 Å². The van der Waals surface area contributed by atoms with Crippen molar-refractivity contribution < 1.29 is 14.3 Å². The van der Waals surface area contributed by atoms with Crippen molar-refractivity contribution in [3.8, 4) is 0 Å². The quantitative estimate of drug-likeness (QED) is 0.872. The van der Waals surface area contributed by atoms with Crippen LogP contribution in [0.4, 0.5) is 5.69 Å². The van der Waals surface area contributed by atoms with Gasteiger partial charge in [-0.05, 0) is 42.6 Å². The van der Waals surface area contributed by atoms with E-state index in [-0.39, 0.29) is 11.9 Å². The molecule has 2 aromatic rings. The Morgan fingerprint density at radius 1 is 1.21 bits per heavy atom. The maximum atomic E-state index is 11.8. The zero-order valence-electron chi connectivity index (χ0n) is 10.4. The molecule has 0 aliphatic rings. The molecule has 1 amide bonds. The molecule has 5 heteroatoms. The Bertz CT molecular complexity index is 561. The van der Waals surface area contributed by atoms with Gasteiger partial charge < -0.3 is 10.1 Å². The van der Waals surface area contributed by atoms with Gasteiger partial charge in [0.2, 0.25) is 0 Å². The van der Waals surface area contributed by atoms with Gasteiger partial charge in [-0.1, -0.05) is 6.07 Å². The van der Waals surface area contributed by atoms with E-state index in [4.69, 9.17) is 4.74 Å². The van der Waals surface area contributed by atoms with E-state index < -0.39 is 0 Å². The summed E-state index contributed by atoms with van der Waals surface area (Å²) < 4.78 is 4.88. The highest BCUT2D eigenvalue weighted by molar-refractivity contribution is 7.12. The third kappa shape index (κ3) is 3.42. The topological polar surface area (TPSA) is 55.4 Å². The summed E-state index contributed by atoms with van der Waals surface area (Å²) in [5.41, 5.74) is 1.11. The van der Waals surface area contributed by atoms with Crippen LogP contribution in [0.1, 0.15) is 27.0 Å². The second kappa shape index (κ2) is 6.15. The van der Waals surface area contributed by atoms with Gasteiger partial charge in [-0.3, -0.25) is 4.79 Å². The molecule has 2 rings (SSSR count). The Labute approximate surface area is 115 Å². The molecule has 0 bridgehead atoms. The van der Waals surface area contributed by atoms with Crippen LogP contribution in [0.25, 0.3) is 0 Å². The first-order valence-electron chi connectivity index (χ1n) is 5.82. The second-order valence-corrected chi connectivity index (χ2v) is 4.68. The molecule has 0 fully saturated rings. The number of hydrogen-bond acceptors (Lipinski definition) is 4. The van der Waals surface area contributed by atoms with Crippen molar-refractivity contribution in [2.45, 2.75) is 6.92 Å². The molecule has 0 aliphatic carbocycles. The highest BCUT2D eigenvalue weighted by Gasteiger charge is 2.08. The summed E-state index contributed by atoms with van der Waals surface area (Å²) in [4.78, 5) is 23.9. The molecule has 0 spiro atoms. The fourth-order valence-electron chi connectivity index (χ4n) is 1.50. The first-order chi connectivity index (χ1) is 9.20. The number of esters is 1. The van der Waals surface area contributed by atoms with Crippen LogP contribution in [0.3, 0.4) is 0 Å². The van der Waals surface area contributed by atoms with Gasteiger partial charge in [0.1, 0.15) is 0 Å². The van der Waals surface area contributed by atoms with Gasteiger partial charge in [0.05, 0.1) is 17.0 Å². The van der Waals surface area contributed by atoms with Crippen molar-refractivity contribution in [2.24, 2.45) is 0 Å². The largest absolute Gasteiger partial charge is 0.462 e. The van der Waals surface area contributed by atoms with Crippen LogP contribution in [0.15, 0.2) is 41.8 Å².